The zero-order chi connectivity index (χ0) is 21.6. The molecule has 2 aromatic heterocycles. The van der Waals surface area contributed by atoms with Gasteiger partial charge in [-0.1, -0.05) is 18.2 Å². The van der Waals surface area contributed by atoms with Crippen LogP contribution >= 0.6 is 11.9 Å². The van der Waals surface area contributed by atoms with Crippen molar-refractivity contribution in [2.75, 3.05) is 23.1 Å². The standard InChI is InChI=1S/C23H25F2N5S/c1-16-12-23(31-29-22-9-5-8-21(25)28-22)27-14-20(16)26-13-18-17(6-4-7-19(18)24)15-30-10-2-3-11-30/h4-9,12,14,26H,2-3,10-11,13,15H2,1H3,(H,28,29). The molecule has 0 unspecified atom stereocenters. The van der Waals surface area contributed by atoms with E-state index in [0.29, 0.717) is 17.9 Å². The molecule has 1 aromatic carbocycles. The van der Waals surface area contributed by atoms with Crippen LogP contribution in [0.5, 0.6) is 0 Å². The SMILES string of the molecule is Cc1cc(SNc2cccc(F)n2)ncc1NCc1c(F)cccc1CN1CCCC1. The number of halogens is 2. The minimum atomic E-state index is -0.536. The van der Waals surface area contributed by atoms with Crippen molar-refractivity contribution in [2.45, 2.75) is 37.9 Å². The highest BCUT2D eigenvalue weighted by molar-refractivity contribution is 8.00. The number of hydrogen-bond acceptors (Lipinski definition) is 6. The third-order valence-electron chi connectivity index (χ3n) is 5.33. The van der Waals surface area contributed by atoms with Crippen LogP contribution in [0, 0.1) is 18.7 Å². The van der Waals surface area contributed by atoms with Gasteiger partial charge in [0.1, 0.15) is 16.7 Å². The van der Waals surface area contributed by atoms with E-state index in [0.717, 1.165) is 41.5 Å². The van der Waals surface area contributed by atoms with Crippen molar-refractivity contribution in [3.8, 4) is 0 Å². The van der Waals surface area contributed by atoms with E-state index in [1.54, 1.807) is 24.4 Å². The second-order valence-electron chi connectivity index (χ2n) is 7.60. The molecule has 0 bridgehead atoms. The molecule has 1 saturated heterocycles. The fourth-order valence-corrected chi connectivity index (χ4v) is 4.32. The second-order valence-corrected chi connectivity index (χ2v) is 8.43. The van der Waals surface area contributed by atoms with Gasteiger partial charge in [0.25, 0.3) is 0 Å². The number of benzene rings is 1. The molecule has 1 fully saturated rings. The van der Waals surface area contributed by atoms with E-state index in [1.165, 1.54) is 36.9 Å². The van der Waals surface area contributed by atoms with Gasteiger partial charge in [0, 0.05) is 30.6 Å². The van der Waals surface area contributed by atoms with Gasteiger partial charge in [-0.3, -0.25) is 4.90 Å². The number of nitrogens with zero attached hydrogens (tertiary/aromatic N) is 3. The van der Waals surface area contributed by atoms with E-state index in [4.69, 9.17) is 0 Å². The highest BCUT2D eigenvalue weighted by Gasteiger charge is 2.16. The van der Waals surface area contributed by atoms with Crippen molar-refractivity contribution in [1.29, 1.82) is 0 Å². The van der Waals surface area contributed by atoms with Crippen LogP contribution in [0.2, 0.25) is 0 Å². The van der Waals surface area contributed by atoms with Gasteiger partial charge in [0.2, 0.25) is 5.95 Å². The summed E-state index contributed by atoms with van der Waals surface area (Å²) < 4.78 is 30.7. The van der Waals surface area contributed by atoms with E-state index < -0.39 is 5.95 Å². The van der Waals surface area contributed by atoms with Gasteiger partial charge in [0.15, 0.2) is 0 Å². The topological polar surface area (TPSA) is 53.1 Å². The summed E-state index contributed by atoms with van der Waals surface area (Å²) >= 11 is 1.26. The summed E-state index contributed by atoms with van der Waals surface area (Å²) in [6.07, 6.45) is 4.16. The zero-order valence-corrected chi connectivity index (χ0v) is 18.2. The number of aryl methyl sites for hydroxylation is 1. The molecular weight excluding hydrogens is 416 g/mol. The van der Waals surface area contributed by atoms with Crippen LogP contribution in [-0.2, 0) is 13.1 Å². The van der Waals surface area contributed by atoms with Crippen molar-refractivity contribution in [3.05, 3.63) is 77.1 Å². The van der Waals surface area contributed by atoms with E-state index in [-0.39, 0.29) is 5.82 Å². The first-order chi connectivity index (χ1) is 15.1. The largest absolute Gasteiger partial charge is 0.379 e. The molecule has 5 nitrogen and oxygen atoms in total. The Hall–Kier alpha value is -2.71. The van der Waals surface area contributed by atoms with Gasteiger partial charge in [-0.25, -0.2) is 14.4 Å². The van der Waals surface area contributed by atoms with Crippen LogP contribution in [-0.4, -0.2) is 28.0 Å². The fraction of sp³-hybridized carbons (Fsp3) is 0.304. The number of aromatic nitrogens is 2. The first-order valence-electron chi connectivity index (χ1n) is 10.3. The molecule has 31 heavy (non-hydrogen) atoms. The summed E-state index contributed by atoms with van der Waals surface area (Å²) in [4.78, 5) is 10.6. The van der Waals surface area contributed by atoms with E-state index in [9.17, 15) is 8.78 Å². The normalized spacial score (nSPS) is 14.0. The minimum absolute atomic E-state index is 0.186. The monoisotopic (exact) mass is 441 g/mol. The smallest absolute Gasteiger partial charge is 0.214 e. The van der Waals surface area contributed by atoms with Crippen LogP contribution in [0.4, 0.5) is 20.3 Å². The zero-order valence-electron chi connectivity index (χ0n) is 17.4. The van der Waals surface area contributed by atoms with Gasteiger partial charge >= 0.3 is 0 Å². The Labute approximate surface area is 185 Å². The predicted octanol–water partition coefficient (Wildman–Crippen LogP) is 5.39. The highest BCUT2D eigenvalue weighted by Crippen LogP contribution is 2.24. The Bertz CT molecular complexity index is 1040. The maximum Gasteiger partial charge on any atom is 0.214 e. The van der Waals surface area contributed by atoms with Crippen molar-refractivity contribution < 1.29 is 8.78 Å². The van der Waals surface area contributed by atoms with Crippen LogP contribution in [0.1, 0.15) is 29.5 Å². The maximum absolute atomic E-state index is 14.6. The molecule has 0 saturated carbocycles. The number of likely N-dealkylation sites (tertiary alicyclic amines) is 1. The van der Waals surface area contributed by atoms with Crippen LogP contribution in [0.3, 0.4) is 0 Å². The molecule has 3 heterocycles. The number of hydrogen-bond donors (Lipinski definition) is 2. The summed E-state index contributed by atoms with van der Waals surface area (Å²) in [5.74, 6) is -0.294. The average Bonchev–Trinajstić information content (AvgIpc) is 3.26. The number of nitrogens with one attached hydrogen (secondary N) is 2. The molecule has 4 rings (SSSR count). The van der Waals surface area contributed by atoms with Crippen molar-refractivity contribution >= 4 is 23.5 Å². The molecular formula is C23H25F2N5S. The second kappa shape index (κ2) is 10.1. The fourth-order valence-electron chi connectivity index (χ4n) is 3.66. The Morgan fingerprint density at radius 3 is 2.68 bits per heavy atom. The van der Waals surface area contributed by atoms with Crippen LogP contribution in [0.25, 0.3) is 0 Å². The van der Waals surface area contributed by atoms with Crippen molar-refractivity contribution in [3.63, 3.8) is 0 Å². The Morgan fingerprint density at radius 2 is 1.90 bits per heavy atom. The molecule has 3 aromatic rings. The van der Waals surface area contributed by atoms with Gasteiger partial charge in [-0.15, -0.1) is 0 Å². The number of rotatable bonds is 8. The van der Waals surface area contributed by atoms with Crippen LogP contribution in [0.15, 0.2) is 53.7 Å². The number of anilines is 2. The molecule has 8 heteroatoms. The molecule has 0 aliphatic carbocycles. The molecule has 1 aliphatic rings. The molecule has 1 aliphatic heterocycles. The molecule has 162 valence electrons. The summed E-state index contributed by atoms with van der Waals surface area (Å²) in [6, 6.07) is 11.8. The van der Waals surface area contributed by atoms with E-state index in [2.05, 4.69) is 24.9 Å². The molecule has 0 spiro atoms. The lowest BCUT2D eigenvalue weighted by molar-refractivity contribution is 0.329. The van der Waals surface area contributed by atoms with Gasteiger partial charge < -0.3 is 10.0 Å². The summed E-state index contributed by atoms with van der Waals surface area (Å²) in [7, 11) is 0. The van der Waals surface area contributed by atoms with Gasteiger partial charge in [-0.2, -0.15) is 4.39 Å². The van der Waals surface area contributed by atoms with Crippen molar-refractivity contribution in [2.24, 2.45) is 0 Å². The summed E-state index contributed by atoms with van der Waals surface area (Å²) in [5, 5.41) is 4.06. The highest BCUT2D eigenvalue weighted by atomic mass is 32.2. The molecule has 0 amide bonds. The first-order valence-corrected chi connectivity index (χ1v) is 11.1. The lowest BCUT2D eigenvalue weighted by Gasteiger charge is -2.19. The Morgan fingerprint density at radius 1 is 1.10 bits per heavy atom. The molecule has 0 radical (unpaired) electrons. The lowest BCUT2D eigenvalue weighted by Crippen LogP contribution is -2.20. The van der Waals surface area contributed by atoms with Crippen molar-refractivity contribution in [1.82, 2.24) is 14.9 Å². The van der Waals surface area contributed by atoms with E-state index >= 15 is 0 Å². The summed E-state index contributed by atoms with van der Waals surface area (Å²) in [6.45, 7) is 5.30. The maximum atomic E-state index is 14.6. The first kappa shape index (κ1) is 21.5. The number of pyridine rings is 2. The molecule has 2 N–H and O–H groups in total. The third-order valence-corrected chi connectivity index (χ3v) is 6.07. The third kappa shape index (κ3) is 5.71. The molecule has 0 atom stereocenters. The lowest BCUT2D eigenvalue weighted by atomic mass is 10.1. The van der Waals surface area contributed by atoms with Crippen LogP contribution < -0.4 is 10.0 Å². The van der Waals surface area contributed by atoms with E-state index in [1.807, 2.05) is 19.1 Å². The van der Waals surface area contributed by atoms with Gasteiger partial charge in [0.05, 0.1) is 11.9 Å². The minimum Gasteiger partial charge on any atom is -0.379 e. The summed E-state index contributed by atoms with van der Waals surface area (Å²) in [5.41, 5.74) is 3.57. The average molecular weight is 442 g/mol. The quantitative estimate of drug-likeness (QED) is 0.361. The Kier molecular flexibility index (Phi) is 6.99. The predicted molar refractivity (Wildman–Crippen MR) is 121 cm³/mol. The van der Waals surface area contributed by atoms with Gasteiger partial charge in [-0.05, 0) is 68.2 Å². The Balaban J connectivity index is 1.40.